The molecule has 1 N–H and O–H groups in total. The molecule has 1 aliphatic heterocycles. The molecule has 1 aromatic rings. The molecule has 0 radical (unpaired) electrons. The molecule has 0 bridgehead atoms. The average molecular weight is 240 g/mol. The second-order valence-electron chi connectivity index (χ2n) is 3.67. The number of rotatable bonds is 2. The first-order chi connectivity index (χ1) is 7.68. The van der Waals surface area contributed by atoms with Gasteiger partial charge in [0.1, 0.15) is 5.56 Å². The standard InChI is InChI=1S/C10H12N2O3S/c13-9-7(10(14)15)5-12(6-11-9)8-3-1-2-4-16-8/h5-6,8H,1-4H2,(H,14,15). The smallest absolute Gasteiger partial charge is 0.342 e. The summed E-state index contributed by atoms with van der Waals surface area (Å²) in [4.78, 5) is 25.6. The van der Waals surface area contributed by atoms with E-state index in [0.29, 0.717) is 0 Å². The first-order valence-electron chi connectivity index (χ1n) is 5.11. The summed E-state index contributed by atoms with van der Waals surface area (Å²) in [6.07, 6.45) is 6.14. The third-order valence-corrected chi connectivity index (χ3v) is 3.92. The lowest BCUT2D eigenvalue weighted by molar-refractivity contribution is 0.0693. The minimum absolute atomic E-state index is 0.208. The molecular formula is C10H12N2O3S. The average Bonchev–Trinajstić information content (AvgIpc) is 2.30. The largest absolute Gasteiger partial charge is 0.477 e. The van der Waals surface area contributed by atoms with Crippen molar-refractivity contribution in [3.8, 4) is 0 Å². The van der Waals surface area contributed by atoms with Crippen LogP contribution in [0.5, 0.6) is 0 Å². The Morgan fingerprint density at radius 1 is 1.56 bits per heavy atom. The molecule has 2 heterocycles. The fraction of sp³-hybridized carbons (Fsp3) is 0.500. The van der Waals surface area contributed by atoms with Gasteiger partial charge in [-0.05, 0) is 25.0 Å². The Kier molecular flexibility index (Phi) is 3.28. The molecule has 1 aromatic heterocycles. The van der Waals surface area contributed by atoms with Crippen molar-refractivity contribution < 1.29 is 9.90 Å². The van der Waals surface area contributed by atoms with Crippen molar-refractivity contribution in [1.29, 1.82) is 0 Å². The van der Waals surface area contributed by atoms with Crippen molar-refractivity contribution in [3.05, 3.63) is 28.4 Å². The SMILES string of the molecule is O=C(O)c1cn(C2CCCCS2)cnc1=O. The highest BCUT2D eigenvalue weighted by Crippen LogP contribution is 2.33. The molecule has 1 aliphatic rings. The van der Waals surface area contributed by atoms with Crippen LogP contribution < -0.4 is 5.56 Å². The number of hydrogen-bond donors (Lipinski definition) is 1. The summed E-state index contributed by atoms with van der Waals surface area (Å²) in [5, 5.41) is 9.04. The van der Waals surface area contributed by atoms with Crippen LogP contribution in [0.1, 0.15) is 35.0 Å². The highest BCUT2D eigenvalue weighted by atomic mass is 32.2. The molecule has 1 unspecified atom stereocenters. The van der Waals surface area contributed by atoms with E-state index in [9.17, 15) is 9.59 Å². The van der Waals surface area contributed by atoms with E-state index in [0.717, 1.165) is 18.6 Å². The maximum Gasteiger partial charge on any atom is 0.342 e. The maximum absolute atomic E-state index is 11.2. The first kappa shape index (κ1) is 11.2. The van der Waals surface area contributed by atoms with Gasteiger partial charge in [-0.1, -0.05) is 0 Å². The van der Waals surface area contributed by atoms with Crippen molar-refractivity contribution in [1.82, 2.24) is 9.55 Å². The predicted molar refractivity (Wildman–Crippen MR) is 60.8 cm³/mol. The van der Waals surface area contributed by atoms with Crippen LogP contribution in [0.15, 0.2) is 17.3 Å². The summed E-state index contributed by atoms with van der Waals surface area (Å²) in [7, 11) is 0. The summed E-state index contributed by atoms with van der Waals surface area (Å²) in [6.45, 7) is 0. The lowest BCUT2D eigenvalue weighted by Crippen LogP contribution is -2.22. The summed E-state index contributed by atoms with van der Waals surface area (Å²) < 4.78 is 1.73. The molecule has 1 saturated heterocycles. The van der Waals surface area contributed by atoms with Gasteiger partial charge in [0, 0.05) is 6.20 Å². The first-order valence-corrected chi connectivity index (χ1v) is 6.16. The van der Waals surface area contributed by atoms with Gasteiger partial charge in [-0.15, -0.1) is 11.8 Å². The topological polar surface area (TPSA) is 72.2 Å². The zero-order chi connectivity index (χ0) is 11.5. The molecule has 1 fully saturated rings. The maximum atomic E-state index is 11.2. The minimum Gasteiger partial charge on any atom is -0.477 e. The second kappa shape index (κ2) is 4.69. The number of aromatic nitrogens is 2. The number of carbonyl (C=O) groups is 1. The molecular weight excluding hydrogens is 228 g/mol. The number of thioether (sulfide) groups is 1. The van der Waals surface area contributed by atoms with Crippen molar-refractivity contribution in [2.45, 2.75) is 24.6 Å². The molecule has 0 amide bonds. The van der Waals surface area contributed by atoms with E-state index >= 15 is 0 Å². The molecule has 0 saturated carbocycles. The molecule has 5 nitrogen and oxygen atoms in total. The molecule has 16 heavy (non-hydrogen) atoms. The Bertz CT molecular complexity index is 452. The van der Waals surface area contributed by atoms with Gasteiger partial charge in [0.15, 0.2) is 0 Å². The van der Waals surface area contributed by atoms with E-state index in [2.05, 4.69) is 4.98 Å². The summed E-state index contributed by atoms with van der Waals surface area (Å²) in [5.41, 5.74) is -0.932. The van der Waals surface area contributed by atoms with Gasteiger partial charge >= 0.3 is 5.97 Å². The van der Waals surface area contributed by atoms with Crippen molar-refractivity contribution >= 4 is 17.7 Å². The molecule has 0 aliphatic carbocycles. The summed E-state index contributed by atoms with van der Waals surface area (Å²) in [6, 6.07) is 0. The van der Waals surface area contributed by atoms with Crippen LogP contribution in [0.3, 0.4) is 0 Å². The number of carboxylic acids is 1. The Morgan fingerprint density at radius 3 is 3.00 bits per heavy atom. The highest BCUT2D eigenvalue weighted by molar-refractivity contribution is 7.99. The van der Waals surface area contributed by atoms with E-state index in [1.165, 1.54) is 18.9 Å². The van der Waals surface area contributed by atoms with Crippen LogP contribution in [-0.4, -0.2) is 26.4 Å². The highest BCUT2D eigenvalue weighted by Gasteiger charge is 2.17. The zero-order valence-electron chi connectivity index (χ0n) is 8.63. The zero-order valence-corrected chi connectivity index (χ0v) is 9.44. The third kappa shape index (κ3) is 2.27. The molecule has 0 spiro atoms. The Morgan fingerprint density at radius 2 is 2.38 bits per heavy atom. The van der Waals surface area contributed by atoms with E-state index in [4.69, 9.17) is 5.11 Å². The van der Waals surface area contributed by atoms with Crippen LogP contribution >= 0.6 is 11.8 Å². The Hall–Kier alpha value is -1.30. The number of hydrogen-bond acceptors (Lipinski definition) is 4. The Balaban J connectivity index is 2.31. The lowest BCUT2D eigenvalue weighted by Gasteiger charge is -2.23. The molecule has 2 rings (SSSR count). The second-order valence-corrected chi connectivity index (χ2v) is 4.95. The predicted octanol–water partition coefficient (Wildman–Crippen LogP) is 1.36. The van der Waals surface area contributed by atoms with Crippen LogP contribution in [0.2, 0.25) is 0 Å². The quantitative estimate of drug-likeness (QED) is 0.845. The molecule has 6 heteroatoms. The lowest BCUT2D eigenvalue weighted by atomic mass is 10.2. The fourth-order valence-electron chi connectivity index (χ4n) is 1.69. The third-order valence-electron chi connectivity index (χ3n) is 2.54. The number of nitrogens with zero attached hydrogens (tertiary/aromatic N) is 2. The van der Waals surface area contributed by atoms with Crippen molar-refractivity contribution in [3.63, 3.8) is 0 Å². The molecule has 86 valence electrons. The fourth-order valence-corrected chi connectivity index (χ4v) is 2.95. The van der Waals surface area contributed by atoms with Gasteiger partial charge < -0.3 is 9.67 Å². The van der Waals surface area contributed by atoms with E-state index in [-0.39, 0.29) is 10.9 Å². The normalized spacial score (nSPS) is 20.6. The molecule has 0 aromatic carbocycles. The summed E-state index contributed by atoms with van der Waals surface area (Å²) >= 11 is 1.77. The van der Waals surface area contributed by atoms with Crippen molar-refractivity contribution in [2.24, 2.45) is 0 Å². The molecule has 1 atom stereocenters. The van der Waals surface area contributed by atoms with Crippen LogP contribution in [0.25, 0.3) is 0 Å². The van der Waals surface area contributed by atoms with Gasteiger partial charge in [0.05, 0.1) is 11.7 Å². The van der Waals surface area contributed by atoms with Gasteiger partial charge in [-0.3, -0.25) is 4.79 Å². The van der Waals surface area contributed by atoms with Crippen LogP contribution in [0.4, 0.5) is 0 Å². The van der Waals surface area contributed by atoms with E-state index in [1.54, 1.807) is 16.3 Å². The van der Waals surface area contributed by atoms with Gasteiger partial charge in [0.2, 0.25) is 0 Å². The van der Waals surface area contributed by atoms with E-state index < -0.39 is 11.5 Å². The van der Waals surface area contributed by atoms with Gasteiger partial charge in [0.25, 0.3) is 5.56 Å². The number of aromatic carboxylic acids is 1. The van der Waals surface area contributed by atoms with Crippen LogP contribution in [-0.2, 0) is 0 Å². The summed E-state index contributed by atoms with van der Waals surface area (Å²) in [5.74, 6) is -0.146. The van der Waals surface area contributed by atoms with Gasteiger partial charge in [-0.2, -0.15) is 4.98 Å². The van der Waals surface area contributed by atoms with Gasteiger partial charge in [-0.25, -0.2) is 4.79 Å². The van der Waals surface area contributed by atoms with Crippen molar-refractivity contribution in [2.75, 3.05) is 5.75 Å². The van der Waals surface area contributed by atoms with Crippen LogP contribution in [0, 0.1) is 0 Å². The Labute approximate surface area is 96.5 Å². The van der Waals surface area contributed by atoms with E-state index in [1.807, 2.05) is 0 Å². The minimum atomic E-state index is -1.22. The monoisotopic (exact) mass is 240 g/mol. The number of carboxylic acid groups (broad SMARTS) is 1.